The van der Waals surface area contributed by atoms with Gasteiger partial charge in [-0.3, -0.25) is 4.90 Å². The second kappa shape index (κ2) is 5.42. The molecule has 0 radical (unpaired) electrons. The number of likely N-dealkylation sites (N-methyl/N-ethyl adjacent to an activating group) is 1. The van der Waals surface area contributed by atoms with Gasteiger partial charge >= 0.3 is 0 Å². The van der Waals surface area contributed by atoms with Crippen LogP contribution in [-0.2, 0) is 0 Å². The molecule has 0 amide bonds. The highest BCUT2D eigenvalue weighted by Crippen LogP contribution is 2.06. The fourth-order valence-corrected chi connectivity index (χ4v) is 0.766. The van der Waals surface area contributed by atoms with Crippen LogP contribution in [-0.4, -0.2) is 24.5 Å². The van der Waals surface area contributed by atoms with Gasteiger partial charge in [-0.15, -0.1) is 0 Å². The fraction of sp³-hybridized carbons (Fsp3) is 0.571. The van der Waals surface area contributed by atoms with Crippen LogP contribution in [0, 0.1) is 11.3 Å². The quantitative estimate of drug-likeness (QED) is 0.686. The summed E-state index contributed by atoms with van der Waals surface area (Å²) in [6, 6.07) is 1.95. The van der Waals surface area contributed by atoms with E-state index in [1.54, 1.807) is 11.8 Å². The molecule has 0 aromatic carbocycles. The fourth-order valence-electron chi connectivity index (χ4n) is 0.508. The smallest absolute Gasteiger partial charge is 0.0950 e. The number of hydrogen-bond donors (Lipinski definition) is 0. The van der Waals surface area contributed by atoms with E-state index < -0.39 is 0 Å². The van der Waals surface area contributed by atoms with Crippen LogP contribution < -0.4 is 0 Å². The Morgan fingerprint density at radius 1 is 1.82 bits per heavy atom. The highest BCUT2D eigenvalue weighted by molar-refractivity contribution is 6.36. The van der Waals surface area contributed by atoms with Crippen LogP contribution in [0.25, 0.3) is 0 Å². The van der Waals surface area contributed by atoms with Gasteiger partial charge in [0.1, 0.15) is 0 Å². The molecule has 11 heavy (non-hydrogen) atoms. The third-order valence-electron chi connectivity index (χ3n) is 1.37. The summed E-state index contributed by atoms with van der Waals surface area (Å²) in [7, 11) is 1.82. The average Bonchev–Trinajstić information content (AvgIpc) is 2.02. The standard InChI is InChI=1S/C7H10Cl2N2/c1-6(4-10)11(2)5-7(9)3-8/h3,6H,5H2,1-2H3. The van der Waals surface area contributed by atoms with Crippen molar-refractivity contribution >= 4 is 23.2 Å². The molecule has 2 nitrogen and oxygen atoms in total. The number of halogens is 2. The lowest BCUT2D eigenvalue weighted by atomic mass is 10.3. The van der Waals surface area contributed by atoms with Gasteiger partial charge in [0.25, 0.3) is 0 Å². The summed E-state index contributed by atoms with van der Waals surface area (Å²) in [5.41, 5.74) is 1.31. The Morgan fingerprint density at radius 2 is 2.36 bits per heavy atom. The van der Waals surface area contributed by atoms with Gasteiger partial charge in [0.2, 0.25) is 0 Å². The molecule has 0 aromatic rings. The van der Waals surface area contributed by atoms with Crippen molar-refractivity contribution in [2.24, 2.45) is 0 Å². The largest absolute Gasteiger partial charge is 0.286 e. The molecule has 1 unspecified atom stereocenters. The van der Waals surface area contributed by atoms with E-state index in [0.717, 1.165) is 0 Å². The van der Waals surface area contributed by atoms with Crippen molar-refractivity contribution in [3.8, 4) is 6.07 Å². The molecule has 0 aromatic heterocycles. The Balaban J connectivity index is 3.89. The first-order valence-corrected chi connectivity index (χ1v) is 3.98. The zero-order valence-corrected chi connectivity index (χ0v) is 8.02. The van der Waals surface area contributed by atoms with Crippen LogP contribution >= 0.6 is 23.2 Å². The lowest BCUT2D eigenvalue weighted by Crippen LogP contribution is -2.28. The normalized spacial score (nSPS) is 14.7. The molecular formula is C7H10Cl2N2. The summed E-state index contributed by atoms with van der Waals surface area (Å²) in [4.78, 5) is 1.81. The topological polar surface area (TPSA) is 27.0 Å². The summed E-state index contributed by atoms with van der Waals surface area (Å²) < 4.78 is 0. The van der Waals surface area contributed by atoms with E-state index in [2.05, 4.69) is 6.07 Å². The molecule has 0 bridgehead atoms. The van der Waals surface area contributed by atoms with Crippen molar-refractivity contribution in [3.05, 3.63) is 10.6 Å². The van der Waals surface area contributed by atoms with E-state index >= 15 is 0 Å². The highest BCUT2D eigenvalue weighted by atomic mass is 35.5. The number of hydrogen-bond acceptors (Lipinski definition) is 2. The Kier molecular flexibility index (Phi) is 5.31. The lowest BCUT2D eigenvalue weighted by molar-refractivity contribution is 0.333. The van der Waals surface area contributed by atoms with E-state index in [1.807, 2.05) is 7.05 Å². The number of rotatable bonds is 3. The predicted molar refractivity (Wildman–Crippen MR) is 47.5 cm³/mol. The van der Waals surface area contributed by atoms with Crippen LogP contribution in [0.4, 0.5) is 0 Å². The lowest BCUT2D eigenvalue weighted by Gasteiger charge is -2.17. The molecule has 0 aliphatic heterocycles. The van der Waals surface area contributed by atoms with Gasteiger partial charge in [0, 0.05) is 17.1 Å². The van der Waals surface area contributed by atoms with Gasteiger partial charge in [-0.1, -0.05) is 23.2 Å². The first-order valence-electron chi connectivity index (χ1n) is 3.16. The maximum Gasteiger partial charge on any atom is 0.0950 e. The van der Waals surface area contributed by atoms with Gasteiger partial charge in [0.05, 0.1) is 12.1 Å². The van der Waals surface area contributed by atoms with Gasteiger partial charge in [-0.05, 0) is 14.0 Å². The highest BCUT2D eigenvalue weighted by Gasteiger charge is 2.07. The molecule has 0 saturated carbocycles. The Morgan fingerprint density at radius 3 is 2.73 bits per heavy atom. The van der Waals surface area contributed by atoms with Crippen LogP contribution in [0.15, 0.2) is 10.6 Å². The minimum absolute atomic E-state index is 0.139. The molecule has 0 spiro atoms. The number of nitrogens with zero attached hydrogens (tertiary/aromatic N) is 2. The van der Waals surface area contributed by atoms with E-state index in [4.69, 9.17) is 28.5 Å². The molecule has 0 rings (SSSR count). The van der Waals surface area contributed by atoms with Gasteiger partial charge in [-0.2, -0.15) is 5.26 Å². The Labute approximate surface area is 77.0 Å². The van der Waals surface area contributed by atoms with E-state index in [0.29, 0.717) is 11.6 Å². The monoisotopic (exact) mass is 192 g/mol. The van der Waals surface area contributed by atoms with Crippen LogP contribution in [0.3, 0.4) is 0 Å². The molecule has 4 heteroatoms. The molecular weight excluding hydrogens is 183 g/mol. The maximum absolute atomic E-state index is 8.50. The zero-order valence-electron chi connectivity index (χ0n) is 6.51. The zero-order chi connectivity index (χ0) is 8.85. The molecule has 0 saturated heterocycles. The molecule has 0 N–H and O–H groups in total. The minimum atomic E-state index is -0.139. The van der Waals surface area contributed by atoms with Crippen LogP contribution in [0.5, 0.6) is 0 Å². The third kappa shape index (κ3) is 4.26. The predicted octanol–water partition coefficient (Wildman–Crippen LogP) is 2.15. The molecule has 0 fully saturated rings. The first-order chi connectivity index (χ1) is 5.11. The van der Waals surface area contributed by atoms with Gasteiger partial charge < -0.3 is 0 Å². The van der Waals surface area contributed by atoms with Crippen molar-refractivity contribution in [3.63, 3.8) is 0 Å². The van der Waals surface area contributed by atoms with E-state index in [1.165, 1.54) is 5.54 Å². The summed E-state index contributed by atoms with van der Waals surface area (Å²) >= 11 is 11.0. The molecule has 1 atom stereocenters. The SMILES string of the molecule is CC(C#N)N(C)CC(Cl)=CCl. The first kappa shape index (κ1) is 10.8. The second-order valence-electron chi connectivity index (χ2n) is 2.28. The van der Waals surface area contributed by atoms with Crippen molar-refractivity contribution < 1.29 is 0 Å². The Hall–Kier alpha value is -0.230. The summed E-state index contributed by atoms with van der Waals surface area (Å²) in [5.74, 6) is 0. The van der Waals surface area contributed by atoms with Crippen molar-refractivity contribution in [1.29, 1.82) is 5.26 Å². The third-order valence-corrected chi connectivity index (χ3v) is 1.97. The van der Waals surface area contributed by atoms with Crippen molar-refractivity contribution in [1.82, 2.24) is 4.90 Å². The summed E-state index contributed by atoms with van der Waals surface area (Å²) in [6.45, 7) is 2.32. The summed E-state index contributed by atoms with van der Waals surface area (Å²) in [6.07, 6.45) is 0. The van der Waals surface area contributed by atoms with E-state index in [-0.39, 0.29) is 6.04 Å². The Bertz CT molecular complexity index is 183. The molecule has 0 aliphatic carbocycles. The molecule has 0 aliphatic rings. The summed E-state index contributed by atoms with van der Waals surface area (Å²) in [5, 5.41) is 9.04. The average molecular weight is 193 g/mol. The molecule has 0 heterocycles. The maximum atomic E-state index is 8.50. The van der Waals surface area contributed by atoms with Crippen LogP contribution in [0.1, 0.15) is 6.92 Å². The van der Waals surface area contributed by atoms with Gasteiger partial charge in [0.15, 0.2) is 0 Å². The van der Waals surface area contributed by atoms with Gasteiger partial charge in [-0.25, -0.2) is 0 Å². The minimum Gasteiger partial charge on any atom is -0.286 e. The van der Waals surface area contributed by atoms with Crippen LogP contribution in [0.2, 0.25) is 0 Å². The van der Waals surface area contributed by atoms with Crippen molar-refractivity contribution in [2.75, 3.05) is 13.6 Å². The van der Waals surface area contributed by atoms with E-state index in [9.17, 15) is 0 Å². The van der Waals surface area contributed by atoms with Crippen molar-refractivity contribution in [2.45, 2.75) is 13.0 Å². The second-order valence-corrected chi connectivity index (χ2v) is 2.98. The molecule has 62 valence electrons. The number of nitriles is 1.